The molecule has 0 bridgehead atoms. The molecule has 0 aliphatic heterocycles. The van der Waals surface area contributed by atoms with E-state index in [0.29, 0.717) is 43.9 Å². The summed E-state index contributed by atoms with van der Waals surface area (Å²) in [4.78, 5) is 0. The van der Waals surface area contributed by atoms with Crippen molar-refractivity contribution in [3.05, 3.63) is 35.4 Å². The maximum absolute atomic E-state index is 11.9. The minimum absolute atomic E-state index is 0.193. The Balaban J connectivity index is 2.36. The number of nitrogens with zero attached hydrogens (tertiary/aromatic N) is 1. The predicted octanol–water partition coefficient (Wildman–Crippen LogP) is 1.03. The molecule has 0 saturated carbocycles. The van der Waals surface area contributed by atoms with Crippen molar-refractivity contribution in [1.82, 2.24) is 4.72 Å². The summed E-state index contributed by atoms with van der Waals surface area (Å²) in [6.07, 6.45) is 0.586. The fourth-order valence-corrected chi connectivity index (χ4v) is 2.88. The van der Waals surface area contributed by atoms with E-state index in [0.717, 1.165) is 0 Å². The molecule has 0 spiro atoms. The first-order valence-electron chi connectivity index (χ1n) is 6.61. The monoisotopic (exact) mass is 312 g/mol. The second-order valence-electron chi connectivity index (χ2n) is 4.38. The van der Waals surface area contributed by atoms with Crippen LogP contribution in [0.4, 0.5) is 0 Å². The van der Waals surface area contributed by atoms with Gasteiger partial charge in [0.25, 0.3) is 0 Å². The lowest BCUT2D eigenvalue weighted by molar-refractivity contribution is 0.0699. The maximum atomic E-state index is 11.9. The number of rotatable bonds is 10. The SMILES string of the molecule is COCCOCCCNS(=O)(=O)Cc1ccccc1C#N. The molecule has 116 valence electrons. The molecule has 0 aromatic heterocycles. The van der Waals surface area contributed by atoms with Crippen LogP contribution in [0, 0.1) is 11.3 Å². The van der Waals surface area contributed by atoms with Gasteiger partial charge in [-0.2, -0.15) is 5.26 Å². The number of nitrogens with one attached hydrogen (secondary N) is 1. The van der Waals surface area contributed by atoms with Crippen molar-refractivity contribution in [2.45, 2.75) is 12.2 Å². The molecule has 21 heavy (non-hydrogen) atoms. The zero-order chi connectivity index (χ0) is 15.6. The Morgan fingerprint density at radius 2 is 2.00 bits per heavy atom. The van der Waals surface area contributed by atoms with E-state index in [1.165, 1.54) is 0 Å². The van der Waals surface area contributed by atoms with Crippen LogP contribution in [0.5, 0.6) is 0 Å². The molecule has 0 aliphatic rings. The van der Waals surface area contributed by atoms with Crippen LogP contribution in [0.15, 0.2) is 24.3 Å². The fourth-order valence-electron chi connectivity index (χ4n) is 1.66. The van der Waals surface area contributed by atoms with E-state index in [2.05, 4.69) is 4.72 Å². The molecular formula is C14H20N2O4S. The normalized spacial score (nSPS) is 11.2. The van der Waals surface area contributed by atoms with E-state index in [1.807, 2.05) is 6.07 Å². The lowest BCUT2D eigenvalue weighted by Gasteiger charge is -2.08. The van der Waals surface area contributed by atoms with Gasteiger partial charge in [0.05, 0.1) is 30.6 Å². The van der Waals surface area contributed by atoms with Crippen molar-refractivity contribution in [3.63, 3.8) is 0 Å². The van der Waals surface area contributed by atoms with Crippen LogP contribution in [0.1, 0.15) is 17.5 Å². The molecule has 1 rings (SSSR count). The van der Waals surface area contributed by atoms with Gasteiger partial charge in [-0.05, 0) is 18.1 Å². The van der Waals surface area contributed by atoms with Crippen molar-refractivity contribution in [2.24, 2.45) is 0 Å². The minimum Gasteiger partial charge on any atom is -0.382 e. The molecule has 0 atom stereocenters. The number of methoxy groups -OCH3 is 1. The van der Waals surface area contributed by atoms with Crippen LogP contribution in [0.2, 0.25) is 0 Å². The van der Waals surface area contributed by atoms with Gasteiger partial charge in [-0.25, -0.2) is 13.1 Å². The molecular weight excluding hydrogens is 292 g/mol. The van der Waals surface area contributed by atoms with Crippen LogP contribution in [-0.4, -0.2) is 41.9 Å². The Morgan fingerprint density at radius 3 is 2.71 bits per heavy atom. The van der Waals surface area contributed by atoms with E-state index in [4.69, 9.17) is 14.7 Å². The Kier molecular flexibility index (Phi) is 7.93. The molecule has 0 aliphatic carbocycles. The molecule has 0 amide bonds. The van der Waals surface area contributed by atoms with E-state index in [-0.39, 0.29) is 5.75 Å². The van der Waals surface area contributed by atoms with E-state index >= 15 is 0 Å². The Bertz CT molecular complexity index is 567. The fraction of sp³-hybridized carbons (Fsp3) is 0.500. The van der Waals surface area contributed by atoms with Crippen molar-refractivity contribution in [1.29, 1.82) is 5.26 Å². The summed E-state index contributed by atoms with van der Waals surface area (Å²) in [7, 11) is -1.85. The lowest BCUT2D eigenvalue weighted by atomic mass is 10.1. The Hall–Kier alpha value is -1.46. The van der Waals surface area contributed by atoms with Gasteiger partial charge in [0.15, 0.2) is 0 Å². The largest absolute Gasteiger partial charge is 0.382 e. The van der Waals surface area contributed by atoms with Gasteiger partial charge in [0.1, 0.15) is 0 Å². The van der Waals surface area contributed by atoms with Gasteiger partial charge in [0, 0.05) is 20.3 Å². The van der Waals surface area contributed by atoms with Crippen molar-refractivity contribution in [2.75, 3.05) is 33.5 Å². The summed E-state index contributed by atoms with van der Waals surface area (Å²) in [6, 6.07) is 8.67. The van der Waals surface area contributed by atoms with Gasteiger partial charge < -0.3 is 9.47 Å². The third-order valence-corrected chi connectivity index (χ3v) is 4.04. The third kappa shape index (κ3) is 7.20. The molecule has 0 fully saturated rings. The van der Waals surface area contributed by atoms with Crippen LogP contribution in [-0.2, 0) is 25.2 Å². The summed E-state index contributed by atoms with van der Waals surface area (Å²) in [5, 5.41) is 8.94. The smallest absolute Gasteiger partial charge is 0.215 e. The maximum Gasteiger partial charge on any atom is 0.215 e. The second-order valence-corrected chi connectivity index (χ2v) is 6.19. The number of hydrogen-bond donors (Lipinski definition) is 1. The number of benzene rings is 1. The summed E-state index contributed by atoms with van der Waals surface area (Å²) < 4.78 is 36.4. The average Bonchev–Trinajstić information content (AvgIpc) is 2.46. The van der Waals surface area contributed by atoms with Gasteiger partial charge in [0.2, 0.25) is 10.0 Å². The Labute approximate surface area is 125 Å². The van der Waals surface area contributed by atoms with Crippen LogP contribution in [0.3, 0.4) is 0 Å². The molecule has 1 N–H and O–H groups in total. The molecule has 0 unspecified atom stereocenters. The number of sulfonamides is 1. The van der Waals surface area contributed by atoms with Crippen molar-refractivity contribution < 1.29 is 17.9 Å². The summed E-state index contributed by atoms with van der Waals surface area (Å²) in [5.41, 5.74) is 0.884. The topological polar surface area (TPSA) is 88.4 Å². The van der Waals surface area contributed by atoms with E-state index < -0.39 is 10.0 Å². The lowest BCUT2D eigenvalue weighted by Crippen LogP contribution is -2.27. The highest BCUT2D eigenvalue weighted by atomic mass is 32.2. The van der Waals surface area contributed by atoms with E-state index in [9.17, 15) is 8.42 Å². The molecule has 7 heteroatoms. The highest BCUT2D eigenvalue weighted by Gasteiger charge is 2.13. The number of hydrogen-bond acceptors (Lipinski definition) is 5. The first-order valence-corrected chi connectivity index (χ1v) is 8.26. The molecule has 6 nitrogen and oxygen atoms in total. The van der Waals surface area contributed by atoms with E-state index in [1.54, 1.807) is 31.4 Å². The van der Waals surface area contributed by atoms with Gasteiger partial charge >= 0.3 is 0 Å². The first kappa shape index (κ1) is 17.6. The zero-order valence-corrected chi connectivity index (χ0v) is 12.9. The number of nitriles is 1. The van der Waals surface area contributed by atoms with Crippen LogP contribution >= 0.6 is 0 Å². The molecule has 1 aromatic carbocycles. The molecule has 0 saturated heterocycles. The van der Waals surface area contributed by atoms with Gasteiger partial charge in [-0.15, -0.1) is 0 Å². The van der Waals surface area contributed by atoms with Crippen LogP contribution in [0.25, 0.3) is 0 Å². The number of ether oxygens (including phenoxy) is 2. The summed E-state index contributed by atoms with van der Waals surface area (Å²) >= 11 is 0. The highest BCUT2D eigenvalue weighted by Crippen LogP contribution is 2.10. The van der Waals surface area contributed by atoms with Crippen molar-refractivity contribution >= 4 is 10.0 Å². The van der Waals surface area contributed by atoms with Gasteiger partial charge in [-0.3, -0.25) is 0 Å². The van der Waals surface area contributed by atoms with Gasteiger partial charge in [-0.1, -0.05) is 18.2 Å². The average molecular weight is 312 g/mol. The molecule has 0 heterocycles. The van der Waals surface area contributed by atoms with Crippen molar-refractivity contribution in [3.8, 4) is 6.07 Å². The second kappa shape index (κ2) is 9.47. The predicted molar refractivity (Wildman–Crippen MR) is 79.1 cm³/mol. The zero-order valence-electron chi connectivity index (χ0n) is 12.0. The Morgan fingerprint density at radius 1 is 1.24 bits per heavy atom. The molecule has 1 aromatic rings. The molecule has 0 radical (unpaired) electrons. The quantitative estimate of drug-likeness (QED) is 0.652. The first-order chi connectivity index (χ1) is 10.1. The third-order valence-electron chi connectivity index (χ3n) is 2.70. The summed E-state index contributed by atoms with van der Waals surface area (Å²) in [5.74, 6) is -0.193. The highest BCUT2D eigenvalue weighted by molar-refractivity contribution is 7.88. The standard InChI is InChI=1S/C14H20N2O4S/c1-19-9-10-20-8-4-7-16-21(17,18)12-14-6-3-2-5-13(14)11-15/h2-3,5-6,16H,4,7-10,12H2,1H3. The summed E-state index contributed by atoms with van der Waals surface area (Å²) in [6.45, 7) is 1.81. The van der Waals surface area contributed by atoms with Crippen LogP contribution < -0.4 is 4.72 Å². The minimum atomic E-state index is -3.45.